The highest BCUT2D eigenvalue weighted by Gasteiger charge is 2.25. The molecule has 0 saturated carbocycles. The maximum Gasteiger partial charge on any atom is 0.0281 e. The van der Waals surface area contributed by atoms with E-state index < -0.39 is 0 Å². The first kappa shape index (κ1) is 7.32. The highest BCUT2D eigenvalue weighted by atomic mass is 15.2. The highest BCUT2D eigenvalue weighted by molar-refractivity contribution is 5.03. The lowest BCUT2D eigenvalue weighted by atomic mass is 10.2. The van der Waals surface area contributed by atoms with E-state index in [2.05, 4.69) is 17.1 Å². The molecule has 1 aliphatic carbocycles. The molecule has 62 valence electrons. The first-order chi connectivity index (χ1) is 5.36. The van der Waals surface area contributed by atoms with Crippen molar-refractivity contribution in [3.63, 3.8) is 0 Å². The molecule has 2 heteroatoms. The minimum Gasteiger partial charge on any atom is -0.326 e. The predicted molar refractivity (Wildman–Crippen MR) is 46.3 cm³/mol. The zero-order valence-electron chi connectivity index (χ0n) is 6.87. The molecule has 0 radical (unpaired) electrons. The fourth-order valence-electron chi connectivity index (χ4n) is 2.04. The molecular formula is C9H16N2. The second-order valence-electron chi connectivity index (χ2n) is 3.62. The average Bonchev–Trinajstić information content (AvgIpc) is 2.55. The number of hydrogen-bond donors (Lipinski definition) is 1. The first-order valence-electron chi connectivity index (χ1n) is 4.52. The Morgan fingerprint density at radius 3 is 2.82 bits per heavy atom. The van der Waals surface area contributed by atoms with Gasteiger partial charge >= 0.3 is 0 Å². The van der Waals surface area contributed by atoms with Gasteiger partial charge in [0.25, 0.3) is 0 Å². The summed E-state index contributed by atoms with van der Waals surface area (Å²) in [6.07, 6.45) is 8.38. The van der Waals surface area contributed by atoms with E-state index in [1.54, 1.807) is 0 Å². The van der Waals surface area contributed by atoms with Crippen molar-refractivity contribution in [2.24, 2.45) is 5.73 Å². The number of rotatable bonds is 1. The van der Waals surface area contributed by atoms with E-state index in [-0.39, 0.29) is 0 Å². The molecule has 2 atom stereocenters. The highest BCUT2D eigenvalue weighted by Crippen LogP contribution is 2.20. The molecule has 2 rings (SSSR count). The van der Waals surface area contributed by atoms with Crippen LogP contribution in [0, 0.1) is 0 Å². The summed E-state index contributed by atoms with van der Waals surface area (Å²) in [7, 11) is 0. The second kappa shape index (κ2) is 2.95. The summed E-state index contributed by atoms with van der Waals surface area (Å²) in [4.78, 5) is 2.51. The van der Waals surface area contributed by atoms with Crippen LogP contribution in [0.15, 0.2) is 12.2 Å². The van der Waals surface area contributed by atoms with Crippen molar-refractivity contribution >= 4 is 0 Å². The summed E-state index contributed by atoms with van der Waals surface area (Å²) >= 11 is 0. The minimum atomic E-state index is 0.434. The van der Waals surface area contributed by atoms with Gasteiger partial charge in [-0.1, -0.05) is 12.2 Å². The number of nitrogens with zero attached hydrogens (tertiary/aromatic N) is 1. The summed E-state index contributed by atoms with van der Waals surface area (Å²) in [5.41, 5.74) is 5.83. The van der Waals surface area contributed by atoms with Crippen molar-refractivity contribution in [3.05, 3.63) is 12.2 Å². The Hall–Kier alpha value is -0.340. The standard InChI is InChI=1S/C9H16N2/c10-8-5-6-11(7-8)9-3-1-2-4-9/h1,3,8-9H,2,4-7,10H2. The summed E-state index contributed by atoms with van der Waals surface area (Å²) in [5.74, 6) is 0. The molecule has 0 aromatic rings. The minimum absolute atomic E-state index is 0.434. The van der Waals surface area contributed by atoms with Crippen LogP contribution in [0.3, 0.4) is 0 Å². The van der Waals surface area contributed by atoms with Gasteiger partial charge in [-0.3, -0.25) is 4.90 Å². The number of hydrogen-bond acceptors (Lipinski definition) is 2. The van der Waals surface area contributed by atoms with Gasteiger partial charge in [0.2, 0.25) is 0 Å². The Kier molecular flexibility index (Phi) is 1.96. The molecule has 0 bridgehead atoms. The van der Waals surface area contributed by atoms with Crippen LogP contribution in [-0.2, 0) is 0 Å². The normalized spacial score (nSPS) is 38.6. The fraction of sp³-hybridized carbons (Fsp3) is 0.778. The topological polar surface area (TPSA) is 29.3 Å². The van der Waals surface area contributed by atoms with Gasteiger partial charge in [-0.05, 0) is 19.3 Å². The Balaban J connectivity index is 1.90. The maximum atomic E-state index is 5.83. The monoisotopic (exact) mass is 152 g/mol. The van der Waals surface area contributed by atoms with Crippen molar-refractivity contribution in [1.29, 1.82) is 0 Å². The van der Waals surface area contributed by atoms with E-state index in [4.69, 9.17) is 5.73 Å². The predicted octanol–water partition coefficient (Wildman–Crippen LogP) is 0.738. The van der Waals surface area contributed by atoms with Crippen LogP contribution >= 0.6 is 0 Å². The van der Waals surface area contributed by atoms with E-state index in [0.29, 0.717) is 12.1 Å². The smallest absolute Gasteiger partial charge is 0.0281 e. The van der Waals surface area contributed by atoms with Crippen LogP contribution in [-0.4, -0.2) is 30.1 Å². The third-order valence-corrected chi connectivity index (χ3v) is 2.71. The fourth-order valence-corrected chi connectivity index (χ4v) is 2.04. The molecule has 1 heterocycles. The summed E-state index contributed by atoms with van der Waals surface area (Å²) in [6, 6.07) is 1.15. The average molecular weight is 152 g/mol. The second-order valence-corrected chi connectivity index (χ2v) is 3.62. The SMILES string of the molecule is NC1CCN(C2C=CCC2)C1. The van der Waals surface area contributed by atoms with Crippen LogP contribution in [0.2, 0.25) is 0 Å². The van der Waals surface area contributed by atoms with E-state index in [1.165, 1.54) is 25.8 Å². The quantitative estimate of drug-likeness (QED) is 0.561. The van der Waals surface area contributed by atoms with Crippen molar-refractivity contribution in [2.75, 3.05) is 13.1 Å². The first-order valence-corrected chi connectivity index (χ1v) is 4.52. The van der Waals surface area contributed by atoms with Crippen molar-refractivity contribution in [3.8, 4) is 0 Å². The van der Waals surface area contributed by atoms with Gasteiger partial charge in [0.1, 0.15) is 0 Å². The van der Waals surface area contributed by atoms with Gasteiger partial charge in [-0.15, -0.1) is 0 Å². The molecular weight excluding hydrogens is 136 g/mol. The third kappa shape index (κ3) is 1.47. The van der Waals surface area contributed by atoms with Gasteiger partial charge in [0.05, 0.1) is 0 Å². The van der Waals surface area contributed by atoms with Crippen molar-refractivity contribution in [1.82, 2.24) is 4.90 Å². The number of nitrogens with two attached hydrogens (primary N) is 1. The molecule has 0 aromatic carbocycles. The van der Waals surface area contributed by atoms with Crippen molar-refractivity contribution in [2.45, 2.75) is 31.3 Å². The van der Waals surface area contributed by atoms with E-state index in [9.17, 15) is 0 Å². The lowest BCUT2D eigenvalue weighted by Gasteiger charge is -2.21. The van der Waals surface area contributed by atoms with Crippen molar-refractivity contribution < 1.29 is 0 Å². The van der Waals surface area contributed by atoms with Gasteiger partial charge in [0, 0.05) is 25.2 Å². The Bertz CT molecular complexity index is 165. The van der Waals surface area contributed by atoms with Gasteiger partial charge in [-0.2, -0.15) is 0 Å². The van der Waals surface area contributed by atoms with E-state index >= 15 is 0 Å². The molecule has 0 aromatic heterocycles. The van der Waals surface area contributed by atoms with Crippen LogP contribution in [0.1, 0.15) is 19.3 Å². The summed E-state index contributed by atoms with van der Waals surface area (Å²) < 4.78 is 0. The van der Waals surface area contributed by atoms with Gasteiger partial charge in [0.15, 0.2) is 0 Å². The number of allylic oxidation sites excluding steroid dienone is 1. The summed E-state index contributed by atoms with van der Waals surface area (Å²) in [5, 5.41) is 0. The van der Waals surface area contributed by atoms with Gasteiger partial charge in [-0.25, -0.2) is 0 Å². The molecule has 2 aliphatic rings. The Morgan fingerprint density at radius 2 is 2.27 bits per heavy atom. The lowest BCUT2D eigenvalue weighted by molar-refractivity contribution is 0.278. The Labute approximate surface area is 68.1 Å². The maximum absolute atomic E-state index is 5.83. The molecule has 0 spiro atoms. The van der Waals surface area contributed by atoms with Crippen LogP contribution in [0.4, 0.5) is 0 Å². The molecule has 2 N–H and O–H groups in total. The summed E-state index contributed by atoms with van der Waals surface area (Å²) in [6.45, 7) is 2.31. The molecule has 2 nitrogen and oxygen atoms in total. The van der Waals surface area contributed by atoms with E-state index in [1.807, 2.05) is 0 Å². The third-order valence-electron chi connectivity index (χ3n) is 2.71. The van der Waals surface area contributed by atoms with Crippen LogP contribution < -0.4 is 5.73 Å². The van der Waals surface area contributed by atoms with E-state index in [0.717, 1.165) is 6.54 Å². The van der Waals surface area contributed by atoms with Gasteiger partial charge < -0.3 is 5.73 Å². The van der Waals surface area contributed by atoms with Crippen LogP contribution in [0.5, 0.6) is 0 Å². The number of likely N-dealkylation sites (tertiary alicyclic amines) is 1. The largest absolute Gasteiger partial charge is 0.326 e. The zero-order valence-corrected chi connectivity index (χ0v) is 6.87. The zero-order chi connectivity index (χ0) is 7.68. The molecule has 11 heavy (non-hydrogen) atoms. The van der Waals surface area contributed by atoms with Crippen LogP contribution in [0.25, 0.3) is 0 Å². The Morgan fingerprint density at radius 1 is 1.36 bits per heavy atom. The lowest BCUT2D eigenvalue weighted by Crippen LogP contribution is -2.33. The molecule has 2 unspecified atom stereocenters. The molecule has 1 aliphatic heterocycles. The molecule has 1 fully saturated rings. The molecule has 1 saturated heterocycles. The molecule has 0 amide bonds.